The summed E-state index contributed by atoms with van der Waals surface area (Å²) in [6.07, 6.45) is 4.73. The van der Waals surface area contributed by atoms with Crippen molar-refractivity contribution in [1.82, 2.24) is 20.4 Å². The molecule has 2 heterocycles. The smallest absolute Gasteiger partial charge is 0.319 e. The molecule has 2 aromatic heterocycles. The molecule has 2 N–H and O–H groups in total. The predicted octanol–water partition coefficient (Wildman–Crippen LogP) is 3.06. The third kappa shape index (κ3) is 4.63. The molecule has 7 heteroatoms. The Balaban J connectivity index is 1.48. The zero-order valence-corrected chi connectivity index (χ0v) is 13.9. The van der Waals surface area contributed by atoms with Crippen molar-refractivity contribution in [3.63, 3.8) is 0 Å². The Morgan fingerprint density at radius 3 is 2.72 bits per heavy atom. The first-order valence-electron chi connectivity index (χ1n) is 8.11. The van der Waals surface area contributed by atoms with Crippen LogP contribution in [0.5, 0.6) is 0 Å². The molecular formula is C18H19N5O2. The monoisotopic (exact) mass is 337 g/mol. The molecule has 25 heavy (non-hydrogen) atoms. The van der Waals surface area contributed by atoms with Crippen LogP contribution in [0.2, 0.25) is 0 Å². The fraction of sp³-hybridized carbons (Fsp3) is 0.222. The van der Waals surface area contributed by atoms with Gasteiger partial charge in [0.2, 0.25) is 0 Å². The van der Waals surface area contributed by atoms with Crippen molar-refractivity contribution in [2.24, 2.45) is 0 Å². The number of urea groups is 1. The van der Waals surface area contributed by atoms with Gasteiger partial charge in [0.05, 0.1) is 11.9 Å². The van der Waals surface area contributed by atoms with Crippen molar-refractivity contribution >= 4 is 11.7 Å². The molecule has 0 saturated heterocycles. The lowest BCUT2D eigenvalue weighted by atomic mass is 10.1. The Morgan fingerprint density at radius 2 is 2.04 bits per heavy atom. The summed E-state index contributed by atoms with van der Waals surface area (Å²) >= 11 is 0. The summed E-state index contributed by atoms with van der Waals surface area (Å²) in [6, 6.07) is 11.2. The second-order valence-corrected chi connectivity index (χ2v) is 5.44. The number of nitrogens with zero attached hydrogens (tertiary/aromatic N) is 3. The van der Waals surface area contributed by atoms with Crippen molar-refractivity contribution in [3.8, 4) is 11.5 Å². The van der Waals surface area contributed by atoms with Crippen LogP contribution in [0.3, 0.4) is 0 Å². The molecule has 0 saturated carbocycles. The van der Waals surface area contributed by atoms with Crippen LogP contribution in [-0.2, 0) is 12.8 Å². The molecule has 0 aliphatic heterocycles. The van der Waals surface area contributed by atoms with Crippen molar-refractivity contribution in [2.75, 3.05) is 11.9 Å². The zero-order valence-electron chi connectivity index (χ0n) is 13.9. The molecule has 7 nitrogen and oxygen atoms in total. The first-order chi connectivity index (χ1) is 12.2. The lowest BCUT2D eigenvalue weighted by molar-refractivity contribution is 0.252. The Bertz CT molecular complexity index is 815. The van der Waals surface area contributed by atoms with Crippen LogP contribution in [0, 0.1) is 0 Å². The number of rotatable bonds is 6. The molecule has 0 aliphatic carbocycles. The first-order valence-corrected chi connectivity index (χ1v) is 8.11. The molecule has 3 rings (SSSR count). The number of hydrogen-bond acceptors (Lipinski definition) is 5. The lowest BCUT2D eigenvalue weighted by Gasteiger charge is -2.07. The van der Waals surface area contributed by atoms with Gasteiger partial charge in [-0.15, -0.1) is 0 Å². The van der Waals surface area contributed by atoms with E-state index in [2.05, 4.69) is 25.8 Å². The van der Waals surface area contributed by atoms with Crippen molar-refractivity contribution in [2.45, 2.75) is 19.8 Å². The summed E-state index contributed by atoms with van der Waals surface area (Å²) in [4.78, 5) is 20.0. The minimum Gasteiger partial charge on any atom is -0.338 e. The number of anilines is 1. The standard InChI is InChI=1S/C18H19N5O2/c1-2-16-22-17(25-23-16)14-7-5-13(6-8-14)9-11-20-18(24)21-15-4-3-10-19-12-15/h3-8,10,12H,2,9,11H2,1H3,(H2,20,21,24). The highest BCUT2D eigenvalue weighted by molar-refractivity contribution is 5.88. The van der Waals surface area contributed by atoms with E-state index in [0.29, 0.717) is 23.9 Å². The average Bonchev–Trinajstić information content (AvgIpc) is 3.12. The van der Waals surface area contributed by atoms with Crippen LogP contribution < -0.4 is 10.6 Å². The average molecular weight is 337 g/mol. The third-order valence-electron chi connectivity index (χ3n) is 3.60. The topological polar surface area (TPSA) is 92.9 Å². The number of aromatic nitrogens is 3. The van der Waals surface area contributed by atoms with Gasteiger partial charge in [-0.3, -0.25) is 4.98 Å². The highest BCUT2D eigenvalue weighted by atomic mass is 16.5. The van der Waals surface area contributed by atoms with Crippen molar-refractivity contribution < 1.29 is 9.32 Å². The quantitative estimate of drug-likeness (QED) is 0.721. The van der Waals surface area contributed by atoms with E-state index < -0.39 is 0 Å². The molecule has 3 aromatic rings. The Morgan fingerprint density at radius 1 is 1.20 bits per heavy atom. The highest BCUT2D eigenvalue weighted by Crippen LogP contribution is 2.18. The molecule has 1 aromatic carbocycles. The van der Waals surface area contributed by atoms with E-state index in [4.69, 9.17) is 4.52 Å². The van der Waals surface area contributed by atoms with Gasteiger partial charge in [0, 0.05) is 24.7 Å². The molecule has 0 fully saturated rings. The molecule has 0 unspecified atom stereocenters. The summed E-state index contributed by atoms with van der Waals surface area (Å²) in [5.74, 6) is 1.22. The molecular weight excluding hydrogens is 318 g/mol. The van der Waals surface area contributed by atoms with Gasteiger partial charge in [0.15, 0.2) is 5.82 Å². The first kappa shape index (κ1) is 16.6. The van der Waals surface area contributed by atoms with E-state index in [0.717, 1.165) is 24.0 Å². The minimum absolute atomic E-state index is 0.248. The second-order valence-electron chi connectivity index (χ2n) is 5.44. The van der Waals surface area contributed by atoms with E-state index in [9.17, 15) is 4.79 Å². The molecule has 0 radical (unpaired) electrons. The van der Waals surface area contributed by atoms with Gasteiger partial charge >= 0.3 is 6.03 Å². The Kier molecular flexibility index (Phi) is 5.36. The predicted molar refractivity (Wildman–Crippen MR) is 94.1 cm³/mol. The molecule has 128 valence electrons. The van der Waals surface area contributed by atoms with Gasteiger partial charge in [0.1, 0.15) is 0 Å². The number of carbonyl (C=O) groups is 1. The van der Waals surface area contributed by atoms with E-state index in [-0.39, 0.29) is 6.03 Å². The van der Waals surface area contributed by atoms with Crippen LogP contribution in [0.15, 0.2) is 53.3 Å². The Labute approximate surface area is 145 Å². The number of benzene rings is 1. The minimum atomic E-state index is -0.248. The number of aryl methyl sites for hydroxylation is 1. The Hall–Kier alpha value is -3.22. The van der Waals surface area contributed by atoms with Gasteiger partial charge in [-0.2, -0.15) is 4.98 Å². The van der Waals surface area contributed by atoms with Gasteiger partial charge in [-0.1, -0.05) is 24.2 Å². The molecule has 0 bridgehead atoms. The molecule has 0 aliphatic rings. The van der Waals surface area contributed by atoms with Crippen LogP contribution >= 0.6 is 0 Å². The van der Waals surface area contributed by atoms with Crippen molar-refractivity contribution in [1.29, 1.82) is 0 Å². The number of amides is 2. The van der Waals surface area contributed by atoms with Gasteiger partial charge in [-0.05, 0) is 36.2 Å². The maximum absolute atomic E-state index is 11.8. The van der Waals surface area contributed by atoms with Crippen molar-refractivity contribution in [3.05, 3.63) is 60.2 Å². The SMILES string of the molecule is CCc1noc(-c2ccc(CCNC(=O)Nc3cccnc3)cc2)n1. The summed E-state index contributed by atoms with van der Waals surface area (Å²) in [5, 5.41) is 9.44. The summed E-state index contributed by atoms with van der Waals surface area (Å²) in [6.45, 7) is 2.52. The van der Waals surface area contributed by atoms with E-state index in [1.54, 1.807) is 24.5 Å². The van der Waals surface area contributed by atoms with Gasteiger partial charge in [0.25, 0.3) is 5.89 Å². The summed E-state index contributed by atoms with van der Waals surface area (Å²) in [7, 11) is 0. The maximum atomic E-state index is 11.8. The summed E-state index contributed by atoms with van der Waals surface area (Å²) in [5.41, 5.74) is 2.66. The molecule has 2 amide bonds. The van der Waals surface area contributed by atoms with Crippen LogP contribution in [0.4, 0.5) is 10.5 Å². The fourth-order valence-corrected chi connectivity index (χ4v) is 2.26. The largest absolute Gasteiger partial charge is 0.338 e. The maximum Gasteiger partial charge on any atom is 0.319 e. The van der Waals surface area contributed by atoms with Crippen LogP contribution in [-0.4, -0.2) is 27.7 Å². The molecule has 0 spiro atoms. The van der Waals surface area contributed by atoms with Gasteiger partial charge in [-0.25, -0.2) is 4.79 Å². The number of pyridine rings is 1. The van der Waals surface area contributed by atoms with E-state index in [1.165, 1.54) is 0 Å². The van der Waals surface area contributed by atoms with Crippen LogP contribution in [0.25, 0.3) is 11.5 Å². The highest BCUT2D eigenvalue weighted by Gasteiger charge is 2.07. The number of nitrogens with one attached hydrogen (secondary N) is 2. The third-order valence-corrected chi connectivity index (χ3v) is 3.60. The van der Waals surface area contributed by atoms with E-state index >= 15 is 0 Å². The lowest BCUT2D eigenvalue weighted by Crippen LogP contribution is -2.30. The normalized spacial score (nSPS) is 10.4. The number of hydrogen-bond donors (Lipinski definition) is 2. The zero-order chi connectivity index (χ0) is 17.5. The number of carbonyl (C=O) groups excluding carboxylic acids is 1. The van der Waals surface area contributed by atoms with E-state index in [1.807, 2.05) is 31.2 Å². The second kappa shape index (κ2) is 8.05. The van der Waals surface area contributed by atoms with Gasteiger partial charge < -0.3 is 15.2 Å². The van der Waals surface area contributed by atoms with Crippen LogP contribution in [0.1, 0.15) is 18.3 Å². The summed E-state index contributed by atoms with van der Waals surface area (Å²) < 4.78 is 5.22. The molecule has 0 atom stereocenters. The fourth-order valence-electron chi connectivity index (χ4n) is 2.26.